The minimum atomic E-state index is -0.179. The molecule has 1 aliphatic heterocycles. The molecule has 1 saturated carbocycles. The van der Waals surface area contributed by atoms with Crippen molar-refractivity contribution in [1.29, 1.82) is 0 Å². The van der Waals surface area contributed by atoms with E-state index in [0.717, 1.165) is 48.4 Å². The Balaban J connectivity index is 1.41. The molecule has 2 N–H and O–H groups in total. The van der Waals surface area contributed by atoms with E-state index in [1.807, 2.05) is 24.8 Å². The summed E-state index contributed by atoms with van der Waals surface area (Å²) in [7, 11) is 0. The first-order valence-corrected chi connectivity index (χ1v) is 9.05. The molecule has 2 aromatic rings. The number of carbonyl (C=O) groups is 1. The number of nitrogens with zero attached hydrogens (tertiary/aromatic N) is 2. The van der Waals surface area contributed by atoms with Crippen molar-refractivity contribution in [3.05, 3.63) is 40.6 Å². The van der Waals surface area contributed by atoms with E-state index in [1.54, 1.807) is 6.07 Å². The van der Waals surface area contributed by atoms with E-state index in [1.165, 1.54) is 0 Å². The maximum Gasteiger partial charge on any atom is 0.289 e. The number of rotatable bonds is 3. The van der Waals surface area contributed by atoms with Gasteiger partial charge >= 0.3 is 0 Å². The quantitative estimate of drug-likeness (QED) is 0.897. The highest BCUT2D eigenvalue weighted by Crippen LogP contribution is 2.49. The zero-order valence-corrected chi connectivity index (χ0v) is 14.8. The Kier molecular flexibility index (Phi) is 3.95. The molecule has 25 heavy (non-hydrogen) atoms. The fraction of sp³-hybridized carbons (Fsp3) is 0.579. The molecule has 1 saturated heterocycles. The number of piperidine rings is 1. The summed E-state index contributed by atoms with van der Waals surface area (Å²) in [5, 5.41) is 17.2. The molecule has 0 bridgehead atoms. The Morgan fingerprint density at radius 3 is 2.68 bits per heavy atom. The average molecular weight is 343 g/mol. The number of aliphatic hydroxyl groups is 1. The second-order valence-electron chi connectivity index (χ2n) is 7.56. The van der Waals surface area contributed by atoms with E-state index in [-0.39, 0.29) is 17.4 Å². The Morgan fingerprint density at radius 1 is 1.36 bits per heavy atom. The second-order valence-corrected chi connectivity index (χ2v) is 7.56. The molecule has 1 unspecified atom stereocenters. The van der Waals surface area contributed by atoms with E-state index >= 15 is 0 Å². The molecular weight excluding hydrogens is 318 g/mol. The summed E-state index contributed by atoms with van der Waals surface area (Å²) in [6.07, 6.45) is 4.23. The lowest BCUT2D eigenvalue weighted by molar-refractivity contribution is -0.0954. The first-order chi connectivity index (χ1) is 12.0. The standard InChI is InChI=1S/C19H25N3O3/c1-12-15(13(2)21-20-12)11-14-3-4-16(25-14)18(24)22-9-7-19(8-10-22)6-5-17(19)23/h3-4,17,23H,5-11H2,1-2H3,(H,20,21). The summed E-state index contributed by atoms with van der Waals surface area (Å²) < 4.78 is 5.81. The van der Waals surface area contributed by atoms with Gasteiger partial charge in [0, 0.05) is 30.8 Å². The van der Waals surface area contributed by atoms with Crippen molar-refractivity contribution in [2.45, 2.75) is 52.1 Å². The fourth-order valence-corrected chi connectivity index (χ4v) is 4.17. The fourth-order valence-electron chi connectivity index (χ4n) is 4.17. The van der Waals surface area contributed by atoms with Crippen LogP contribution in [0.1, 0.15) is 58.9 Å². The lowest BCUT2D eigenvalue weighted by Gasteiger charge is -2.51. The highest BCUT2D eigenvalue weighted by molar-refractivity contribution is 5.91. The highest BCUT2D eigenvalue weighted by Gasteiger charge is 2.48. The first kappa shape index (κ1) is 16.4. The molecule has 3 heterocycles. The molecule has 0 radical (unpaired) electrons. The third-order valence-corrected chi connectivity index (χ3v) is 6.17. The second kappa shape index (κ2) is 6.02. The number of hydrogen-bond donors (Lipinski definition) is 2. The van der Waals surface area contributed by atoms with Gasteiger partial charge in [-0.2, -0.15) is 5.10 Å². The number of aromatic nitrogens is 2. The summed E-state index contributed by atoms with van der Waals surface area (Å²) in [6, 6.07) is 3.64. The molecule has 2 aliphatic rings. The van der Waals surface area contributed by atoms with Crippen LogP contribution < -0.4 is 0 Å². The number of likely N-dealkylation sites (tertiary alicyclic amines) is 1. The van der Waals surface area contributed by atoms with Gasteiger partial charge in [0.1, 0.15) is 5.76 Å². The lowest BCUT2D eigenvalue weighted by Crippen LogP contribution is -2.53. The number of hydrogen-bond acceptors (Lipinski definition) is 4. The molecule has 6 nitrogen and oxygen atoms in total. The lowest BCUT2D eigenvalue weighted by atomic mass is 9.61. The van der Waals surface area contributed by atoms with Gasteiger partial charge in [-0.15, -0.1) is 0 Å². The Bertz CT molecular complexity index is 764. The average Bonchev–Trinajstić information content (AvgIpc) is 3.22. The minimum Gasteiger partial charge on any atom is -0.456 e. The smallest absolute Gasteiger partial charge is 0.289 e. The number of aryl methyl sites for hydroxylation is 2. The summed E-state index contributed by atoms with van der Waals surface area (Å²) in [6.45, 7) is 5.35. The van der Waals surface area contributed by atoms with Crippen LogP contribution in [0.4, 0.5) is 0 Å². The van der Waals surface area contributed by atoms with E-state index < -0.39 is 0 Å². The molecule has 6 heteroatoms. The third kappa shape index (κ3) is 2.78. The number of carbonyl (C=O) groups excluding carboxylic acids is 1. The van der Waals surface area contributed by atoms with E-state index in [2.05, 4.69) is 10.2 Å². The van der Waals surface area contributed by atoms with Crippen LogP contribution in [-0.2, 0) is 6.42 Å². The molecule has 2 fully saturated rings. The van der Waals surface area contributed by atoms with Crippen molar-refractivity contribution in [2.75, 3.05) is 13.1 Å². The van der Waals surface area contributed by atoms with Gasteiger partial charge in [-0.05, 0) is 57.1 Å². The van der Waals surface area contributed by atoms with Gasteiger partial charge in [0.2, 0.25) is 0 Å². The molecule has 134 valence electrons. The van der Waals surface area contributed by atoms with Crippen LogP contribution in [0.3, 0.4) is 0 Å². The van der Waals surface area contributed by atoms with Crippen LogP contribution in [0, 0.1) is 19.3 Å². The van der Waals surface area contributed by atoms with Crippen LogP contribution in [0.25, 0.3) is 0 Å². The van der Waals surface area contributed by atoms with Gasteiger partial charge in [0.15, 0.2) is 5.76 Å². The molecule has 1 amide bonds. The van der Waals surface area contributed by atoms with E-state index in [0.29, 0.717) is 25.3 Å². The molecule has 2 aromatic heterocycles. The number of nitrogens with one attached hydrogen (secondary N) is 1. The third-order valence-electron chi connectivity index (χ3n) is 6.17. The molecule has 1 aliphatic carbocycles. The Morgan fingerprint density at radius 2 is 2.12 bits per heavy atom. The maximum atomic E-state index is 12.7. The van der Waals surface area contributed by atoms with Crippen LogP contribution >= 0.6 is 0 Å². The van der Waals surface area contributed by atoms with Crippen molar-refractivity contribution < 1.29 is 14.3 Å². The molecule has 1 atom stereocenters. The summed E-state index contributed by atoms with van der Waals surface area (Å²) in [5.74, 6) is 1.13. The Hall–Kier alpha value is -2.08. The van der Waals surface area contributed by atoms with Gasteiger partial charge in [-0.3, -0.25) is 9.89 Å². The number of amides is 1. The van der Waals surface area contributed by atoms with Crippen LogP contribution in [0.5, 0.6) is 0 Å². The predicted molar refractivity (Wildman–Crippen MR) is 92.4 cm³/mol. The van der Waals surface area contributed by atoms with Gasteiger partial charge in [-0.1, -0.05) is 0 Å². The first-order valence-electron chi connectivity index (χ1n) is 9.05. The molecule has 1 spiro atoms. The van der Waals surface area contributed by atoms with Crippen LogP contribution in [-0.4, -0.2) is 45.3 Å². The number of H-pyrrole nitrogens is 1. The topological polar surface area (TPSA) is 82.4 Å². The molecule has 4 rings (SSSR count). The predicted octanol–water partition coefficient (Wildman–Crippen LogP) is 2.59. The summed E-state index contributed by atoms with van der Waals surface area (Å²) in [5.41, 5.74) is 3.18. The van der Waals surface area contributed by atoms with Crippen molar-refractivity contribution >= 4 is 5.91 Å². The Labute approximate surface area is 147 Å². The van der Waals surface area contributed by atoms with E-state index in [9.17, 15) is 9.90 Å². The minimum absolute atomic E-state index is 0.0458. The monoisotopic (exact) mass is 343 g/mol. The molecule has 0 aromatic carbocycles. The summed E-state index contributed by atoms with van der Waals surface area (Å²) in [4.78, 5) is 14.6. The zero-order chi connectivity index (χ0) is 17.6. The summed E-state index contributed by atoms with van der Waals surface area (Å²) >= 11 is 0. The normalized spacial score (nSPS) is 22.2. The van der Waals surface area contributed by atoms with Crippen molar-refractivity contribution in [3.8, 4) is 0 Å². The zero-order valence-electron chi connectivity index (χ0n) is 14.8. The maximum absolute atomic E-state index is 12.7. The number of aliphatic hydroxyl groups excluding tert-OH is 1. The van der Waals surface area contributed by atoms with Gasteiger partial charge in [0.25, 0.3) is 5.91 Å². The SMILES string of the molecule is Cc1n[nH]c(C)c1Cc1ccc(C(=O)N2CCC3(CCC3O)CC2)o1. The highest BCUT2D eigenvalue weighted by atomic mass is 16.4. The van der Waals surface area contributed by atoms with E-state index in [4.69, 9.17) is 4.42 Å². The largest absolute Gasteiger partial charge is 0.456 e. The van der Waals surface area contributed by atoms with Gasteiger partial charge in [0.05, 0.1) is 11.8 Å². The van der Waals surface area contributed by atoms with Gasteiger partial charge in [-0.25, -0.2) is 0 Å². The van der Waals surface area contributed by atoms with Gasteiger partial charge < -0.3 is 14.4 Å². The number of furan rings is 1. The van der Waals surface area contributed by atoms with Crippen LogP contribution in [0.15, 0.2) is 16.5 Å². The molecular formula is C19H25N3O3. The van der Waals surface area contributed by atoms with Crippen molar-refractivity contribution in [2.24, 2.45) is 5.41 Å². The van der Waals surface area contributed by atoms with Crippen molar-refractivity contribution in [3.63, 3.8) is 0 Å². The number of aromatic amines is 1. The van der Waals surface area contributed by atoms with Crippen molar-refractivity contribution in [1.82, 2.24) is 15.1 Å². The van der Waals surface area contributed by atoms with Crippen LogP contribution in [0.2, 0.25) is 0 Å².